The summed E-state index contributed by atoms with van der Waals surface area (Å²) in [6.45, 7) is 16.5. The molecular weight excluding hydrogens is 1050 g/mol. The average Bonchev–Trinajstić information content (AvgIpc) is 1.48. The van der Waals surface area contributed by atoms with Gasteiger partial charge in [-0.05, 0) is 249 Å². The summed E-state index contributed by atoms with van der Waals surface area (Å²) < 4.78 is 13.5. The molecule has 2 heterocycles. The highest BCUT2D eigenvalue weighted by Crippen LogP contribution is 2.59. The zero-order valence-corrected chi connectivity index (χ0v) is 49.8. The van der Waals surface area contributed by atoms with Gasteiger partial charge >= 0.3 is 0 Å². The molecule has 19 rings (SSSR count). The quantitative estimate of drug-likeness (QED) is 0.155. The Kier molecular flexibility index (Phi) is 9.94. The molecule has 1 unspecified atom stereocenters. The van der Waals surface area contributed by atoms with E-state index in [1.807, 2.05) is 0 Å². The van der Waals surface area contributed by atoms with E-state index in [1.165, 1.54) is 171 Å². The van der Waals surface area contributed by atoms with Crippen LogP contribution in [0.3, 0.4) is 0 Å². The molecular formula is C85H60O2. The van der Waals surface area contributed by atoms with Gasteiger partial charge in [-0.3, -0.25) is 0 Å². The van der Waals surface area contributed by atoms with Crippen LogP contribution in [0.15, 0.2) is 221 Å². The van der Waals surface area contributed by atoms with Crippen LogP contribution in [0.5, 0.6) is 0 Å². The molecule has 2 nitrogen and oxygen atoms in total. The molecule has 3 aliphatic carbocycles. The van der Waals surface area contributed by atoms with Crippen molar-refractivity contribution in [2.24, 2.45) is 0 Å². The lowest BCUT2D eigenvalue weighted by Crippen LogP contribution is -2.09. The summed E-state index contributed by atoms with van der Waals surface area (Å²) in [5, 5.41) is 17.3. The number of fused-ring (bicyclic) bond motifs is 19. The van der Waals surface area contributed by atoms with E-state index in [4.69, 9.17) is 8.83 Å². The first kappa shape index (κ1) is 49.3. The van der Waals surface area contributed by atoms with Gasteiger partial charge in [-0.1, -0.05) is 200 Å². The molecule has 0 aliphatic heterocycles. The van der Waals surface area contributed by atoms with Crippen LogP contribution in [0.4, 0.5) is 0 Å². The van der Waals surface area contributed by atoms with Crippen molar-refractivity contribution in [1.29, 1.82) is 0 Å². The van der Waals surface area contributed by atoms with Crippen LogP contribution in [0.25, 0.3) is 187 Å². The van der Waals surface area contributed by atoms with Crippen LogP contribution in [-0.2, 0) is 0 Å². The maximum absolute atomic E-state index is 6.73. The lowest BCUT2D eigenvalue weighted by atomic mass is 9.74. The minimum atomic E-state index is 0.269. The van der Waals surface area contributed by atoms with Crippen molar-refractivity contribution in [1.82, 2.24) is 0 Å². The van der Waals surface area contributed by atoms with Crippen molar-refractivity contribution >= 4 is 97.7 Å². The standard InChI is InChI=1S/C85H60O2/c1-43(2)47-19-12-20-48(44(3)4)79(47)56-33-34-57-66-40-69-64(54-25-15-29-77-82(54)60-17-8-10-27-75(60)86-77)38-74-72-42-68-58-32-31-51-46(7)50-22-13-21-49(45(5)6)80(50)62-36-35-59(85(58)84(51)62)67(68)41-70(72)65(55-26-16-30-78-83(55)61-18-9-11-28-76(61)87-78)39-73(74)71(69)37-63(66)53-24-14-23-52(56)81(53)57/h8-46H,1-7H3. The number of para-hydroxylation sites is 2. The molecule has 0 saturated heterocycles. The van der Waals surface area contributed by atoms with Gasteiger partial charge in [0, 0.05) is 27.5 Å². The molecule has 0 spiro atoms. The van der Waals surface area contributed by atoms with Crippen LogP contribution in [0.2, 0.25) is 0 Å². The highest BCUT2D eigenvalue weighted by atomic mass is 16.3. The minimum Gasteiger partial charge on any atom is -0.456 e. The third-order valence-corrected chi connectivity index (χ3v) is 20.7. The molecule has 3 aliphatic rings. The molecule has 0 amide bonds. The van der Waals surface area contributed by atoms with E-state index >= 15 is 0 Å². The van der Waals surface area contributed by atoms with Gasteiger partial charge < -0.3 is 8.83 Å². The molecule has 0 saturated carbocycles. The van der Waals surface area contributed by atoms with E-state index in [2.05, 4.69) is 261 Å². The molecule has 16 aromatic rings. The van der Waals surface area contributed by atoms with Gasteiger partial charge in [0.05, 0.1) is 0 Å². The van der Waals surface area contributed by atoms with E-state index in [9.17, 15) is 0 Å². The van der Waals surface area contributed by atoms with Gasteiger partial charge in [0.25, 0.3) is 0 Å². The summed E-state index contributed by atoms with van der Waals surface area (Å²) >= 11 is 0. The monoisotopic (exact) mass is 1110 g/mol. The first-order valence-electron chi connectivity index (χ1n) is 31.4. The molecule has 87 heavy (non-hydrogen) atoms. The van der Waals surface area contributed by atoms with Gasteiger partial charge in [0.2, 0.25) is 0 Å². The number of rotatable bonds is 6. The number of furan rings is 2. The number of hydrogen-bond acceptors (Lipinski definition) is 2. The second-order valence-electron chi connectivity index (χ2n) is 26.2. The van der Waals surface area contributed by atoms with Gasteiger partial charge in [0.1, 0.15) is 22.3 Å². The lowest BCUT2D eigenvalue weighted by molar-refractivity contribution is 0.668. The molecule has 412 valence electrons. The van der Waals surface area contributed by atoms with Crippen LogP contribution < -0.4 is 0 Å². The summed E-state index contributed by atoms with van der Waals surface area (Å²) in [6.07, 6.45) is 0. The van der Waals surface area contributed by atoms with Crippen LogP contribution in [-0.4, -0.2) is 0 Å². The normalized spacial score (nSPS) is 13.9. The molecule has 2 heteroatoms. The summed E-state index contributed by atoms with van der Waals surface area (Å²) in [4.78, 5) is 0. The Morgan fingerprint density at radius 3 is 1.17 bits per heavy atom. The third kappa shape index (κ3) is 6.50. The minimum absolute atomic E-state index is 0.269. The topological polar surface area (TPSA) is 26.3 Å². The van der Waals surface area contributed by atoms with Gasteiger partial charge in [-0.25, -0.2) is 0 Å². The molecule has 0 N–H and O–H groups in total. The fraction of sp³-hybridized carbons (Fsp3) is 0.129. The number of benzene rings is 14. The maximum atomic E-state index is 6.73. The summed E-state index contributed by atoms with van der Waals surface area (Å²) in [5.74, 6) is 1.42. The van der Waals surface area contributed by atoms with Crippen molar-refractivity contribution < 1.29 is 8.83 Å². The fourth-order valence-electron chi connectivity index (χ4n) is 16.9. The highest BCUT2D eigenvalue weighted by Gasteiger charge is 2.34. The van der Waals surface area contributed by atoms with Crippen molar-refractivity contribution in [3.05, 3.63) is 240 Å². The molecule has 0 bridgehead atoms. The Labute approximate surface area is 504 Å². The molecule has 0 radical (unpaired) electrons. The second-order valence-corrected chi connectivity index (χ2v) is 26.2. The Morgan fingerprint density at radius 1 is 0.241 bits per heavy atom. The Hall–Kier alpha value is -10.0. The average molecular weight is 1110 g/mol. The van der Waals surface area contributed by atoms with Crippen molar-refractivity contribution in [2.45, 2.75) is 72.1 Å². The van der Waals surface area contributed by atoms with E-state index in [-0.39, 0.29) is 5.92 Å². The first-order chi connectivity index (χ1) is 42.6. The predicted octanol–water partition coefficient (Wildman–Crippen LogP) is 25.0. The third-order valence-electron chi connectivity index (χ3n) is 20.7. The van der Waals surface area contributed by atoms with Crippen LogP contribution in [0, 0.1) is 0 Å². The predicted molar refractivity (Wildman–Crippen MR) is 369 cm³/mol. The highest BCUT2D eigenvalue weighted by molar-refractivity contribution is 6.32. The molecule has 2 aromatic heterocycles. The van der Waals surface area contributed by atoms with Gasteiger partial charge in [-0.2, -0.15) is 0 Å². The van der Waals surface area contributed by atoms with E-state index < -0.39 is 0 Å². The lowest BCUT2D eigenvalue weighted by Gasteiger charge is -2.29. The molecule has 0 fully saturated rings. The first-order valence-corrected chi connectivity index (χ1v) is 31.4. The van der Waals surface area contributed by atoms with Crippen LogP contribution in [0.1, 0.15) is 100.0 Å². The van der Waals surface area contributed by atoms with Crippen molar-refractivity contribution in [3.63, 3.8) is 0 Å². The molecule has 14 aromatic carbocycles. The fourth-order valence-corrected chi connectivity index (χ4v) is 16.9. The summed E-state index contributed by atoms with van der Waals surface area (Å²) in [7, 11) is 0. The number of hydrogen-bond donors (Lipinski definition) is 0. The van der Waals surface area contributed by atoms with E-state index in [0.29, 0.717) is 17.8 Å². The Balaban J connectivity index is 0.957. The summed E-state index contributed by atoms with van der Waals surface area (Å²) in [6, 6.07) is 81.5. The van der Waals surface area contributed by atoms with Gasteiger partial charge in [-0.15, -0.1) is 0 Å². The Bertz CT molecular complexity index is 5790. The van der Waals surface area contributed by atoms with Crippen molar-refractivity contribution in [3.8, 4) is 89.0 Å². The SMILES string of the molecule is CC(C)c1cccc(C(C)C)c1-c1ccc2c3c(cccc13)-c1cc3c(cc1-2)c(-c1cccc2oc4ccccc4c12)cc1c2cc4c(cc2c(-c2cccc5oc6ccccc6c25)cc31)-c1ccc2c3c(ccc-4c13)C(C)c1cccc(C(C)C)c1-2. The van der Waals surface area contributed by atoms with E-state index in [1.54, 1.807) is 0 Å². The smallest absolute Gasteiger partial charge is 0.136 e. The zero-order valence-electron chi connectivity index (χ0n) is 49.8. The van der Waals surface area contributed by atoms with Gasteiger partial charge in [0.15, 0.2) is 0 Å². The Morgan fingerprint density at radius 2 is 0.621 bits per heavy atom. The maximum Gasteiger partial charge on any atom is 0.136 e. The zero-order chi connectivity index (χ0) is 58.0. The second kappa shape index (κ2) is 17.6. The van der Waals surface area contributed by atoms with Crippen molar-refractivity contribution in [2.75, 3.05) is 0 Å². The largest absolute Gasteiger partial charge is 0.456 e. The van der Waals surface area contributed by atoms with E-state index in [0.717, 1.165) is 43.9 Å². The summed E-state index contributed by atoms with van der Waals surface area (Å²) in [5.41, 5.74) is 31.2. The van der Waals surface area contributed by atoms with Crippen LogP contribution >= 0.6 is 0 Å². The molecule has 1 atom stereocenters.